The standard InChI is InChI=1S/C21H22N4O2/c1-13-11-16(15(3)26)12-14(2)20(13)27-19-9-10-23-21(25-19)24-18-7-5-17(22-4)6-8-18/h5-12,15,26H,4H2,1-3H3,(H,23,24,25). The average Bonchev–Trinajstić information content (AvgIpc) is 2.65. The van der Waals surface area contributed by atoms with Crippen LogP contribution in [0, 0.1) is 13.8 Å². The van der Waals surface area contributed by atoms with Gasteiger partial charge in [0.1, 0.15) is 5.75 Å². The van der Waals surface area contributed by atoms with E-state index in [1.165, 1.54) is 0 Å². The van der Waals surface area contributed by atoms with Crippen molar-refractivity contribution in [1.29, 1.82) is 0 Å². The Morgan fingerprint density at radius 3 is 2.37 bits per heavy atom. The van der Waals surface area contributed by atoms with Crippen LogP contribution in [0.15, 0.2) is 53.7 Å². The van der Waals surface area contributed by atoms with E-state index in [9.17, 15) is 5.11 Å². The monoisotopic (exact) mass is 362 g/mol. The van der Waals surface area contributed by atoms with Gasteiger partial charge in [0.15, 0.2) is 0 Å². The van der Waals surface area contributed by atoms with E-state index in [2.05, 4.69) is 27.0 Å². The summed E-state index contributed by atoms with van der Waals surface area (Å²) in [4.78, 5) is 12.5. The molecule has 2 aromatic carbocycles. The fourth-order valence-corrected chi connectivity index (χ4v) is 2.73. The predicted molar refractivity (Wildman–Crippen MR) is 108 cm³/mol. The Morgan fingerprint density at radius 1 is 1.11 bits per heavy atom. The number of aromatic nitrogens is 2. The molecule has 3 aromatic rings. The normalized spacial score (nSPS) is 11.7. The Morgan fingerprint density at radius 2 is 1.78 bits per heavy atom. The lowest BCUT2D eigenvalue weighted by molar-refractivity contribution is 0.199. The number of aliphatic hydroxyl groups is 1. The van der Waals surface area contributed by atoms with Crippen molar-refractivity contribution >= 4 is 24.0 Å². The Balaban J connectivity index is 1.80. The van der Waals surface area contributed by atoms with Gasteiger partial charge in [-0.3, -0.25) is 4.99 Å². The first-order valence-electron chi connectivity index (χ1n) is 8.60. The lowest BCUT2D eigenvalue weighted by atomic mass is 10.0. The van der Waals surface area contributed by atoms with E-state index in [4.69, 9.17) is 4.74 Å². The van der Waals surface area contributed by atoms with Gasteiger partial charge in [-0.25, -0.2) is 4.98 Å². The number of benzene rings is 2. The van der Waals surface area contributed by atoms with E-state index < -0.39 is 6.10 Å². The summed E-state index contributed by atoms with van der Waals surface area (Å²) >= 11 is 0. The predicted octanol–water partition coefficient (Wildman–Crippen LogP) is 5.01. The van der Waals surface area contributed by atoms with Crippen LogP contribution in [0.4, 0.5) is 17.3 Å². The Hall–Kier alpha value is -3.25. The van der Waals surface area contributed by atoms with Crippen molar-refractivity contribution in [2.75, 3.05) is 5.32 Å². The summed E-state index contributed by atoms with van der Waals surface area (Å²) in [6, 6.07) is 13.0. The number of hydrogen-bond acceptors (Lipinski definition) is 6. The molecule has 1 aromatic heterocycles. The summed E-state index contributed by atoms with van der Waals surface area (Å²) in [6.07, 6.45) is 1.12. The highest BCUT2D eigenvalue weighted by molar-refractivity contribution is 5.58. The maximum absolute atomic E-state index is 9.78. The second-order valence-corrected chi connectivity index (χ2v) is 6.31. The van der Waals surface area contributed by atoms with Crippen LogP contribution in [0.25, 0.3) is 0 Å². The molecule has 27 heavy (non-hydrogen) atoms. The molecule has 0 aliphatic heterocycles. The highest BCUT2D eigenvalue weighted by Gasteiger charge is 2.11. The Bertz CT molecular complexity index is 930. The van der Waals surface area contributed by atoms with Gasteiger partial charge in [0, 0.05) is 18.0 Å². The summed E-state index contributed by atoms with van der Waals surface area (Å²) in [5.41, 5.74) is 4.37. The summed E-state index contributed by atoms with van der Waals surface area (Å²) in [5, 5.41) is 12.9. The van der Waals surface area contributed by atoms with Gasteiger partial charge < -0.3 is 15.2 Å². The number of nitrogens with one attached hydrogen (secondary N) is 1. The van der Waals surface area contributed by atoms with E-state index in [0.717, 1.165) is 33.8 Å². The molecule has 0 saturated heterocycles. The van der Waals surface area contributed by atoms with Crippen LogP contribution in [0.5, 0.6) is 11.6 Å². The maximum atomic E-state index is 9.78. The van der Waals surface area contributed by atoms with Crippen molar-refractivity contribution in [2.24, 2.45) is 4.99 Å². The minimum absolute atomic E-state index is 0.433. The van der Waals surface area contributed by atoms with Gasteiger partial charge in [-0.2, -0.15) is 4.98 Å². The molecule has 1 unspecified atom stereocenters. The first kappa shape index (κ1) is 18.5. The number of rotatable bonds is 6. The van der Waals surface area contributed by atoms with Crippen molar-refractivity contribution < 1.29 is 9.84 Å². The molecule has 0 saturated carbocycles. The van der Waals surface area contributed by atoms with Crippen molar-refractivity contribution in [3.8, 4) is 11.6 Å². The third-order valence-corrected chi connectivity index (χ3v) is 4.11. The number of aliphatic imine (C=N–C) groups is 1. The van der Waals surface area contributed by atoms with E-state index >= 15 is 0 Å². The van der Waals surface area contributed by atoms with Gasteiger partial charge in [-0.1, -0.05) is 0 Å². The van der Waals surface area contributed by atoms with E-state index in [0.29, 0.717) is 11.8 Å². The number of hydrogen-bond donors (Lipinski definition) is 2. The zero-order chi connectivity index (χ0) is 19.4. The van der Waals surface area contributed by atoms with Gasteiger partial charge in [0.05, 0.1) is 11.8 Å². The minimum atomic E-state index is -0.519. The van der Waals surface area contributed by atoms with E-state index in [1.54, 1.807) is 19.2 Å². The van der Waals surface area contributed by atoms with Crippen LogP contribution in [-0.4, -0.2) is 21.8 Å². The zero-order valence-electron chi connectivity index (χ0n) is 15.6. The van der Waals surface area contributed by atoms with Crippen molar-refractivity contribution in [3.63, 3.8) is 0 Å². The van der Waals surface area contributed by atoms with Crippen molar-refractivity contribution in [2.45, 2.75) is 26.9 Å². The van der Waals surface area contributed by atoms with Crippen LogP contribution in [0.2, 0.25) is 0 Å². The van der Waals surface area contributed by atoms with Gasteiger partial charge in [-0.15, -0.1) is 0 Å². The van der Waals surface area contributed by atoms with Gasteiger partial charge in [0.2, 0.25) is 11.8 Å². The van der Waals surface area contributed by atoms with Crippen molar-refractivity contribution in [1.82, 2.24) is 9.97 Å². The second kappa shape index (κ2) is 7.97. The summed E-state index contributed by atoms with van der Waals surface area (Å²) in [5.74, 6) is 1.60. The van der Waals surface area contributed by atoms with Crippen LogP contribution in [-0.2, 0) is 0 Å². The highest BCUT2D eigenvalue weighted by atomic mass is 16.5. The SMILES string of the molecule is C=Nc1ccc(Nc2nccc(Oc3c(C)cc(C(C)O)cc3C)n2)cc1. The van der Waals surface area contributed by atoms with Crippen LogP contribution in [0.3, 0.4) is 0 Å². The highest BCUT2D eigenvalue weighted by Crippen LogP contribution is 2.31. The van der Waals surface area contributed by atoms with Gasteiger partial charge in [-0.05, 0) is 80.6 Å². The van der Waals surface area contributed by atoms with Gasteiger partial charge in [0.25, 0.3) is 0 Å². The van der Waals surface area contributed by atoms with Gasteiger partial charge >= 0.3 is 0 Å². The van der Waals surface area contributed by atoms with Crippen LogP contribution in [0.1, 0.15) is 29.7 Å². The topological polar surface area (TPSA) is 79.6 Å². The first-order chi connectivity index (χ1) is 13.0. The quantitative estimate of drug-likeness (QED) is 0.602. The zero-order valence-corrected chi connectivity index (χ0v) is 15.6. The van der Waals surface area contributed by atoms with E-state index in [1.807, 2.05) is 50.2 Å². The fraction of sp³-hybridized carbons (Fsp3) is 0.190. The molecule has 0 spiro atoms. The molecule has 6 heteroatoms. The fourth-order valence-electron chi connectivity index (χ4n) is 2.73. The van der Waals surface area contributed by atoms with E-state index in [-0.39, 0.29) is 0 Å². The molecule has 0 aliphatic carbocycles. The summed E-state index contributed by atoms with van der Waals surface area (Å²) < 4.78 is 5.99. The summed E-state index contributed by atoms with van der Waals surface area (Å²) in [7, 11) is 0. The molecule has 0 radical (unpaired) electrons. The molecular weight excluding hydrogens is 340 g/mol. The lowest BCUT2D eigenvalue weighted by Gasteiger charge is -2.15. The molecule has 0 aliphatic rings. The smallest absolute Gasteiger partial charge is 0.230 e. The molecule has 0 bridgehead atoms. The molecule has 0 amide bonds. The minimum Gasteiger partial charge on any atom is -0.438 e. The first-order valence-corrected chi connectivity index (χ1v) is 8.60. The van der Waals surface area contributed by atoms with Crippen molar-refractivity contribution in [3.05, 3.63) is 65.4 Å². The molecule has 1 atom stereocenters. The lowest BCUT2D eigenvalue weighted by Crippen LogP contribution is -2.00. The number of nitrogens with zero attached hydrogens (tertiary/aromatic N) is 3. The third-order valence-electron chi connectivity index (χ3n) is 4.11. The largest absolute Gasteiger partial charge is 0.438 e. The van der Waals surface area contributed by atoms with Crippen LogP contribution >= 0.6 is 0 Å². The molecule has 6 nitrogen and oxygen atoms in total. The average molecular weight is 362 g/mol. The summed E-state index contributed by atoms with van der Waals surface area (Å²) in [6.45, 7) is 9.14. The molecule has 1 heterocycles. The molecule has 2 N–H and O–H groups in total. The molecule has 0 fully saturated rings. The molecule has 138 valence electrons. The number of aryl methyl sites for hydroxylation is 2. The second-order valence-electron chi connectivity index (χ2n) is 6.31. The number of anilines is 2. The molecule has 3 rings (SSSR count). The Kier molecular flexibility index (Phi) is 5.47. The number of ether oxygens (including phenoxy) is 1. The maximum Gasteiger partial charge on any atom is 0.230 e. The number of aliphatic hydroxyl groups excluding tert-OH is 1. The Labute approximate surface area is 158 Å². The molecular formula is C21H22N4O2. The third kappa shape index (κ3) is 4.48. The van der Waals surface area contributed by atoms with Crippen LogP contribution < -0.4 is 10.1 Å².